The largest absolute Gasteiger partial charge is 0.462 e. The zero-order valence-corrected chi connectivity index (χ0v) is 14.0. The summed E-state index contributed by atoms with van der Waals surface area (Å²) >= 11 is 0. The predicted octanol–water partition coefficient (Wildman–Crippen LogP) is 0.229. The monoisotopic (exact) mass is 374 g/mol. The molecule has 0 saturated heterocycles. The van der Waals surface area contributed by atoms with Gasteiger partial charge in [0.25, 0.3) is 11.2 Å². The van der Waals surface area contributed by atoms with Crippen molar-refractivity contribution in [1.82, 2.24) is 9.97 Å². The fourth-order valence-corrected chi connectivity index (χ4v) is 2.82. The lowest BCUT2D eigenvalue weighted by Crippen LogP contribution is -2.35. The SMILES string of the molecule is CCOC(=O)C1=C(N)Oc2[nH]c(=O)[nH]c(=O)c2[C@H]1c1ccc([N+](=O)[O-])cc1. The quantitative estimate of drug-likeness (QED) is 0.388. The summed E-state index contributed by atoms with van der Waals surface area (Å²) in [6.07, 6.45) is 0. The van der Waals surface area contributed by atoms with Gasteiger partial charge in [-0.25, -0.2) is 9.59 Å². The van der Waals surface area contributed by atoms with Crippen LogP contribution in [0.5, 0.6) is 5.88 Å². The number of nitrogens with zero attached hydrogens (tertiary/aromatic N) is 1. The van der Waals surface area contributed by atoms with Crippen LogP contribution >= 0.6 is 0 Å². The van der Waals surface area contributed by atoms with Crippen molar-refractivity contribution in [2.45, 2.75) is 12.8 Å². The lowest BCUT2D eigenvalue weighted by Gasteiger charge is -2.26. The molecule has 1 aromatic heterocycles. The number of nitro groups is 1. The van der Waals surface area contributed by atoms with Gasteiger partial charge in [0, 0.05) is 12.1 Å². The maximum atomic E-state index is 12.4. The van der Waals surface area contributed by atoms with Crippen molar-refractivity contribution in [3.8, 4) is 5.88 Å². The molecule has 4 N–H and O–H groups in total. The predicted molar refractivity (Wildman–Crippen MR) is 91.1 cm³/mol. The average molecular weight is 374 g/mol. The molecule has 1 aliphatic heterocycles. The van der Waals surface area contributed by atoms with Gasteiger partial charge in [-0.05, 0) is 12.5 Å². The van der Waals surface area contributed by atoms with Crippen LogP contribution in [0.3, 0.4) is 0 Å². The number of hydrogen-bond acceptors (Lipinski definition) is 8. The number of carbonyl (C=O) groups is 1. The minimum absolute atomic E-state index is 0.0530. The van der Waals surface area contributed by atoms with Crippen molar-refractivity contribution in [3.63, 3.8) is 0 Å². The Hall–Kier alpha value is -3.89. The maximum absolute atomic E-state index is 12.4. The van der Waals surface area contributed by atoms with Gasteiger partial charge < -0.3 is 15.2 Å². The van der Waals surface area contributed by atoms with Gasteiger partial charge in [0.1, 0.15) is 5.57 Å². The molecule has 2 heterocycles. The molecule has 0 radical (unpaired) electrons. The van der Waals surface area contributed by atoms with Crippen LogP contribution in [0.25, 0.3) is 0 Å². The van der Waals surface area contributed by atoms with E-state index >= 15 is 0 Å². The van der Waals surface area contributed by atoms with E-state index in [2.05, 4.69) is 9.97 Å². The van der Waals surface area contributed by atoms with Gasteiger partial charge in [-0.15, -0.1) is 0 Å². The van der Waals surface area contributed by atoms with Crippen molar-refractivity contribution in [1.29, 1.82) is 0 Å². The van der Waals surface area contributed by atoms with E-state index in [0.717, 1.165) is 0 Å². The van der Waals surface area contributed by atoms with Crippen molar-refractivity contribution < 1.29 is 19.2 Å². The summed E-state index contributed by atoms with van der Waals surface area (Å²) in [6, 6.07) is 5.22. The van der Waals surface area contributed by atoms with Gasteiger partial charge in [0.15, 0.2) is 0 Å². The van der Waals surface area contributed by atoms with Crippen molar-refractivity contribution in [2.75, 3.05) is 6.61 Å². The van der Waals surface area contributed by atoms with Crippen LogP contribution in [0, 0.1) is 10.1 Å². The number of aromatic amines is 2. The number of benzene rings is 1. The third kappa shape index (κ3) is 3.17. The molecule has 27 heavy (non-hydrogen) atoms. The van der Waals surface area contributed by atoms with E-state index in [9.17, 15) is 24.5 Å². The zero-order chi connectivity index (χ0) is 19.7. The highest BCUT2D eigenvalue weighted by Gasteiger charge is 2.38. The first kappa shape index (κ1) is 17.9. The van der Waals surface area contributed by atoms with Crippen molar-refractivity contribution in [3.05, 3.63) is 77.8 Å². The Morgan fingerprint density at radius 3 is 2.56 bits per heavy atom. The minimum atomic E-state index is -1.05. The summed E-state index contributed by atoms with van der Waals surface area (Å²) in [6.45, 7) is 1.65. The average Bonchev–Trinajstić information content (AvgIpc) is 2.60. The Morgan fingerprint density at radius 2 is 1.96 bits per heavy atom. The van der Waals surface area contributed by atoms with E-state index in [1.165, 1.54) is 24.3 Å². The Bertz CT molecular complexity index is 1070. The third-order valence-corrected chi connectivity index (χ3v) is 3.93. The molecule has 11 heteroatoms. The highest BCUT2D eigenvalue weighted by molar-refractivity contribution is 5.92. The molecular formula is C16H14N4O7. The second kappa shape index (κ2) is 6.78. The molecule has 140 valence electrons. The van der Waals surface area contributed by atoms with Crippen molar-refractivity contribution >= 4 is 11.7 Å². The summed E-state index contributed by atoms with van der Waals surface area (Å²) in [4.78, 5) is 51.0. The Labute approximate surface area is 150 Å². The van der Waals surface area contributed by atoms with E-state index in [0.29, 0.717) is 5.56 Å². The van der Waals surface area contributed by atoms with E-state index in [1.807, 2.05) is 0 Å². The van der Waals surface area contributed by atoms with Crippen LogP contribution in [0.2, 0.25) is 0 Å². The number of non-ortho nitro benzene ring substituents is 1. The second-order valence-corrected chi connectivity index (χ2v) is 5.53. The topological polar surface area (TPSA) is 170 Å². The highest BCUT2D eigenvalue weighted by atomic mass is 16.6. The summed E-state index contributed by atoms with van der Waals surface area (Å²) in [5.74, 6) is -2.41. The molecule has 0 bridgehead atoms. The van der Waals surface area contributed by atoms with Gasteiger partial charge in [-0.1, -0.05) is 12.1 Å². The van der Waals surface area contributed by atoms with Crippen LogP contribution < -0.4 is 21.7 Å². The number of hydrogen-bond donors (Lipinski definition) is 3. The molecule has 1 aromatic carbocycles. The van der Waals surface area contributed by atoms with E-state index in [4.69, 9.17) is 15.2 Å². The van der Waals surface area contributed by atoms with Crippen LogP contribution in [0.15, 0.2) is 45.3 Å². The van der Waals surface area contributed by atoms with Crippen LogP contribution in [0.4, 0.5) is 5.69 Å². The zero-order valence-electron chi connectivity index (χ0n) is 14.0. The molecule has 0 fully saturated rings. The number of fused-ring (bicyclic) bond motifs is 1. The number of nitrogens with one attached hydrogen (secondary N) is 2. The summed E-state index contributed by atoms with van der Waals surface area (Å²) in [5, 5.41) is 10.9. The summed E-state index contributed by atoms with van der Waals surface area (Å²) in [5.41, 5.74) is 4.22. The van der Waals surface area contributed by atoms with Crippen molar-refractivity contribution in [2.24, 2.45) is 5.73 Å². The number of H-pyrrole nitrogens is 2. The third-order valence-electron chi connectivity index (χ3n) is 3.93. The molecule has 1 atom stereocenters. The minimum Gasteiger partial charge on any atom is -0.462 e. The first-order chi connectivity index (χ1) is 12.8. The molecule has 0 saturated carbocycles. The lowest BCUT2D eigenvalue weighted by atomic mass is 9.84. The molecule has 11 nitrogen and oxygen atoms in total. The van der Waals surface area contributed by atoms with E-state index in [-0.39, 0.29) is 35.2 Å². The fraction of sp³-hybridized carbons (Fsp3) is 0.188. The molecule has 0 spiro atoms. The number of ether oxygens (including phenoxy) is 2. The number of rotatable bonds is 4. The van der Waals surface area contributed by atoms with Crippen LogP contribution in [-0.4, -0.2) is 27.5 Å². The summed E-state index contributed by atoms with van der Waals surface area (Å²) in [7, 11) is 0. The van der Waals surface area contributed by atoms with Gasteiger partial charge >= 0.3 is 11.7 Å². The normalized spacial score (nSPS) is 15.7. The van der Waals surface area contributed by atoms with E-state index < -0.39 is 28.1 Å². The molecule has 0 amide bonds. The number of carbonyl (C=O) groups excluding carboxylic acids is 1. The lowest BCUT2D eigenvalue weighted by molar-refractivity contribution is -0.384. The number of esters is 1. The second-order valence-electron chi connectivity index (χ2n) is 5.53. The van der Waals surface area contributed by atoms with Gasteiger partial charge in [-0.3, -0.25) is 24.9 Å². The standard InChI is InChI=1S/C16H14N4O7/c1-2-26-15(22)10-9(7-3-5-8(6-4-7)20(24)25)11-13(21)18-16(23)19-14(11)27-12(10)17/h3-6,9H,2,17H2,1H3,(H2,18,19,21,23)/t9-/m0/s1. The van der Waals surface area contributed by atoms with Gasteiger partial charge in [-0.2, -0.15) is 0 Å². The van der Waals surface area contributed by atoms with Crippen LogP contribution in [0.1, 0.15) is 24.0 Å². The molecule has 0 unspecified atom stereocenters. The first-order valence-corrected chi connectivity index (χ1v) is 7.79. The Kier molecular flexibility index (Phi) is 4.50. The molecule has 0 aliphatic carbocycles. The maximum Gasteiger partial charge on any atom is 0.340 e. The summed E-state index contributed by atoms with van der Waals surface area (Å²) < 4.78 is 10.3. The molecule has 1 aliphatic rings. The number of aromatic nitrogens is 2. The van der Waals surface area contributed by atoms with Crippen LogP contribution in [-0.2, 0) is 9.53 Å². The smallest absolute Gasteiger partial charge is 0.340 e. The van der Waals surface area contributed by atoms with E-state index in [1.54, 1.807) is 6.92 Å². The highest BCUT2D eigenvalue weighted by Crippen LogP contribution is 2.39. The number of nitro benzene ring substituents is 1. The van der Waals surface area contributed by atoms with Gasteiger partial charge in [0.05, 0.1) is 23.0 Å². The molecular weight excluding hydrogens is 360 g/mol. The Balaban J connectivity index is 2.25. The molecule has 3 rings (SSSR count). The Morgan fingerprint density at radius 1 is 1.30 bits per heavy atom. The first-order valence-electron chi connectivity index (χ1n) is 7.79. The fourth-order valence-electron chi connectivity index (χ4n) is 2.82. The molecule has 2 aromatic rings. The van der Waals surface area contributed by atoms with Gasteiger partial charge in [0.2, 0.25) is 11.8 Å². The number of nitrogens with two attached hydrogens (primary N) is 1.